The van der Waals surface area contributed by atoms with Crippen LogP contribution in [0.2, 0.25) is 0 Å². The summed E-state index contributed by atoms with van der Waals surface area (Å²) in [5.74, 6) is -1.15. The topological polar surface area (TPSA) is 71.1 Å². The number of esters is 2. The molecule has 3 atom stereocenters. The van der Waals surface area contributed by atoms with Crippen LogP contribution in [0.25, 0.3) is 0 Å². The maximum atomic E-state index is 11.9. The molecule has 6 heteroatoms. The molecule has 3 rings (SSSR count). The van der Waals surface area contributed by atoms with Crippen molar-refractivity contribution in [2.75, 3.05) is 13.2 Å². The lowest BCUT2D eigenvalue weighted by molar-refractivity contribution is -0.168. The Bertz CT molecular complexity index is 567. The highest BCUT2D eigenvalue weighted by molar-refractivity contribution is 5.91. The maximum Gasteiger partial charge on any atom is 0.352 e. The Morgan fingerprint density at radius 2 is 1.95 bits per heavy atom. The third kappa shape index (κ3) is 3.52. The van der Waals surface area contributed by atoms with Crippen LogP contribution in [0.1, 0.15) is 5.56 Å². The van der Waals surface area contributed by atoms with Gasteiger partial charge in [-0.15, -0.1) is 0 Å². The molecule has 1 fully saturated rings. The molecule has 116 valence electrons. The monoisotopic (exact) mass is 304 g/mol. The van der Waals surface area contributed by atoms with Crippen molar-refractivity contribution in [2.45, 2.75) is 24.9 Å². The molecule has 6 nitrogen and oxygen atoms in total. The SMILES string of the molecule is O=C1C=C[C@@H](C(=O)O[C@H]2COC[C@H]2OCc2ccccc2)O1. The van der Waals surface area contributed by atoms with Crippen molar-refractivity contribution in [2.24, 2.45) is 0 Å². The summed E-state index contributed by atoms with van der Waals surface area (Å²) in [6.07, 6.45) is 0.790. The minimum atomic E-state index is -0.970. The van der Waals surface area contributed by atoms with Crippen molar-refractivity contribution in [1.82, 2.24) is 0 Å². The van der Waals surface area contributed by atoms with Crippen molar-refractivity contribution in [3.8, 4) is 0 Å². The fourth-order valence-corrected chi connectivity index (χ4v) is 2.27. The Kier molecular flexibility index (Phi) is 4.50. The quantitative estimate of drug-likeness (QED) is 0.756. The zero-order valence-electron chi connectivity index (χ0n) is 11.8. The van der Waals surface area contributed by atoms with Crippen LogP contribution in [0.3, 0.4) is 0 Å². The van der Waals surface area contributed by atoms with Crippen molar-refractivity contribution < 1.29 is 28.5 Å². The second-order valence-corrected chi connectivity index (χ2v) is 5.06. The highest BCUT2D eigenvalue weighted by atomic mass is 16.6. The fraction of sp³-hybridized carbons (Fsp3) is 0.375. The highest BCUT2D eigenvalue weighted by Crippen LogP contribution is 2.18. The van der Waals surface area contributed by atoms with Crippen molar-refractivity contribution in [1.29, 1.82) is 0 Å². The molecule has 1 aromatic rings. The Morgan fingerprint density at radius 1 is 1.18 bits per heavy atom. The number of benzene rings is 1. The van der Waals surface area contributed by atoms with Gasteiger partial charge >= 0.3 is 11.9 Å². The molecule has 0 radical (unpaired) electrons. The zero-order chi connectivity index (χ0) is 15.4. The van der Waals surface area contributed by atoms with Crippen molar-refractivity contribution >= 4 is 11.9 Å². The van der Waals surface area contributed by atoms with Crippen molar-refractivity contribution in [3.05, 3.63) is 48.0 Å². The Hall–Kier alpha value is -2.18. The molecule has 0 aromatic heterocycles. The molecule has 0 amide bonds. The van der Waals surface area contributed by atoms with E-state index in [1.807, 2.05) is 30.3 Å². The number of carbonyl (C=O) groups is 2. The lowest BCUT2D eigenvalue weighted by Gasteiger charge is -2.20. The van der Waals surface area contributed by atoms with Gasteiger partial charge in [-0.2, -0.15) is 0 Å². The van der Waals surface area contributed by atoms with Gasteiger partial charge in [-0.3, -0.25) is 0 Å². The molecule has 1 aromatic carbocycles. The van der Waals surface area contributed by atoms with Gasteiger partial charge in [-0.1, -0.05) is 30.3 Å². The van der Waals surface area contributed by atoms with Crippen LogP contribution in [0.15, 0.2) is 42.5 Å². The Labute approximate surface area is 127 Å². The summed E-state index contributed by atoms with van der Waals surface area (Å²) in [6, 6.07) is 9.71. The molecule has 2 heterocycles. The van der Waals surface area contributed by atoms with E-state index >= 15 is 0 Å². The summed E-state index contributed by atoms with van der Waals surface area (Å²) in [4.78, 5) is 22.9. The Balaban J connectivity index is 1.51. The summed E-state index contributed by atoms with van der Waals surface area (Å²) in [7, 11) is 0. The van der Waals surface area contributed by atoms with Gasteiger partial charge in [0.05, 0.1) is 19.8 Å². The third-order valence-corrected chi connectivity index (χ3v) is 3.44. The molecule has 0 bridgehead atoms. The molecule has 1 saturated heterocycles. The first kappa shape index (κ1) is 14.7. The largest absolute Gasteiger partial charge is 0.454 e. The molecule has 0 unspecified atom stereocenters. The van der Waals surface area contributed by atoms with Crippen LogP contribution in [-0.4, -0.2) is 43.5 Å². The smallest absolute Gasteiger partial charge is 0.352 e. The van der Waals surface area contributed by atoms with Crippen LogP contribution in [-0.2, 0) is 35.1 Å². The molecule has 2 aliphatic rings. The van der Waals surface area contributed by atoms with Crippen molar-refractivity contribution in [3.63, 3.8) is 0 Å². The van der Waals surface area contributed by atoms with E-state index in [2.05, 4.69) is 0 Å². The van der Waals surface area contributed by atoms with Gasteiger partial charge in [0.15, 0.2) is 6.10 Å². The minimum absolute atomic E-state index is 0.273. The first-order valence-corrected chi connectivity index (χ1v) is 7.05. The molecule has 0 N–H and O–H groups in total. The predicted octanol–water partition coefficient (Wildman–Crippen LogP) is 0.995. The van der Waals surface area contributed by atoms with E-state index in [1.54, 1.807) is 0 Å². The molecule has 0 aliphatic carbocycles. The van der Waals surface area contributed by atoms with Gasteiger partial charge in [0.2, 0.25) is 6.10 Å². The average Bonchev–Trinajstić information content (AvgIpc) is 3.15. The summed E-state index contributed by atoms with van der Waals surface area (Å²) in [6.45, 7) is 1.06. The van der Waals surface area contributed by atoms with Crippen LogP contribution in [0, 0.1) is 0 Å². The molecular weight excluding hydrogens is 288 g/mol. The van der Waals surface area contributed by atoms with Gasteiger partial charge in [-0.05, 0) is 11.6 Å². The predicted molar refractivity (Wildman–Crippen MR) is 74.7 cm³/mol. The molecule has 2 aliphatic heterocycles. The van der Waals surface area contributed by atoms with Crippen LogP contribution >= 0.6 is 0 Å². The van der Waals surface area contributed by atoms with E-state index in [-0.39, 0.29) is 12.7 Å². The molecule has 22 heavy (non-hydrogen) atoms. The first-order chi connectivity index (χ1) is 10.7. The van der Waals surface area contributed by atoms with E-state index < -0.39 is 24.1 Å². The fourth-order valence-electron chi connectivity index (χ4n) is 2.27. The summed E-state index contributed by atoms with van der Waals surface area (Å²) in [5.41, 5.74) is 1.03. The van der Waals surface area contributed by atoms with Gasteiger partial charge in [0.25, 0.3) is 0 Å². The van der Waals surface area contributed by atoms with Gasteiger partial charge in [0, 0.05) is 6.08 Å². The number of hydrogen-bond acceptors (Lipinski definition) is 6. The maximum absolute atomic E-state index is 11.9. The van der Waals surface area contributed by atoms with E-state index in [4.69, 9.17) is 18.9 Å². The highest BCUT2D eigenvalue weighted by Gasteiger charge is 2.35. The van der Waals surface area contributed by atoms with Crippen LogP contribution < -0.4 is 0 Å². The normalized spacial score (nSPS) is 26.9. The standard InChI is InChI=1S/C16H16O6/c17-15-7-6-12(21-15)16(18)22-14-10-19-9-13(14)20-8-11-4-2-1-3-5-11/h1-7,12-14H,8-10H2/t12-,13+,14-/m0/s1. The summed E-state index contributed by atoms with van der Waals surface area (Å²) < 4.78 is 21.2. The second-order valence-electron chi connectivity index (χ2n) is 5.06. The molecule has 0 spiro atoms. The number of carbonyl (C=O) groups excluding carboxylic acids is 2. The summed E-state index contributed by atoms with van der Waals surface area (Å²) in [5, 5.41) is 0. The molecule has 0 saturated carbocycles. The van der Waals surface area contributed by atoms with E-state index in [1.165, 1.54) is 12.2 Å². The van der Waals surface area contributed by atoms with E-state index in [9.17, 15) is 9.59 Å². The second kappa shape index (κ2) is 6.72. The number of hydrogen-bond donors (Lipinski definition) is 0. The first-order valence-electron chi connectivity index (χ1n) is 7.05. The lowest BCUT2D eigenvalue weighted by Crippen LogP contribution is -2.35. The average molecular weight is 304 g/mol. The Morgan fingerprint density at radius 3 is 2.68 bits per heavy atom. The number of ether oxygens (including phenoxy) is 4. The van der Waals surface area contributed by atoms with Gasteiger partial charge in [-0.25, -0.2) is 9.59 Å². The number of cyclic esters (lactones) is 1. The van der Waals surface area contributed by atoms with Gasteiger partial charge in [0.1, 0.15) is 6.10 Å². The van der Waals surface area contributed by atoms with Gasteiger partial charge < -0.3 is 18.9 Å². The molecular formula is C16H16O6. The summed E-state index contributed by atoms with van der Waals surface area (Å²) >= 11 is 0. The van der Waals surface area contributed by atoms with E-state index in [0.29, 0.717) is 13.2 Å². The van der Waals surface area contributed by atoms with E-state index in [0.717, 1.165) is 5.56 Å². The third-order valence-electron chi connectivity index (χ3n) is 3.44. The zero-order valence-corrected chi connectivity index (χ0v) is 11.8. The van der Waals surface area contributed by atoms with Crippen LogP contribution in [0.5, 0.6) is 0 Å². The minimum Gasteiger partial charge on any atom is -0.454 e. The number of rotatable bonds is 5. The van der Waals surface area contributed by atoms with Crippen LogP contribution in [0.4, 0.5) is 0 Å². The lowest BCUT2D eigenvalue weighted by atomic mass is 10.2.